The van der Waals surface area contributed by atoms with Crippen LogP contribution in [0.1, 0.15) is 24.8 Å². The first kappa shape index (κ1) is 9.74. The Morgan fingerprint density at radius 3 is 3.14 bits per heavy atom. The van der Waals surface area contributed by atoms with Gasteiger partial charge in [0.05, 0.1) is 19.1 Å². The first-order valence-corrected chi connectivity index (χ1v) is 5.19. The van der Waals surface area contributed by atoms with Crippen molar-refractivity contribution >= 4 is 0 Å². The van der Waals surface area contributed by atoms with Gasteiger partial charge in [-0.2, -0.15) is 0 Å². The Bertz CT molecular complexity index is 237. The Labute approximate surface area is 84.0 Å². The zero-order valence-corrected chi connectivity index (χ0v) is 8.28. The van der Waals surface area contributed by atoms with Gasteiger partial charge in [0.2, 0.25) is 0 Å². The van der Waals surface area contributed by atoms with E-state index in [4.69, 9.17) is 13.9 Å². The van der Waals surface area contributed by atoms with Crippen LogP contribution in [-0.2, 0) is 15.9 Å². The van der Waals surface area contributed by atoms with Crippen molar-refractivity contribution in [3.63, 3.8) is 0 Å². The van der Waals surface area contributed by atoms with Crippen LogP contribution in [0.2, 0.25) is 0 Å². The molecular weight excluding hydrogens is 180 g/mol. The van der Waals surface area contributed by atoms with Crippen LogP contribution >= 0.6 is 0 Å². The van der Waals surface area contributed by atoms with Crippen molar-refractivity contribution in [2.45, 2.75) is 32.0 Å². The molecule has 0 radical (unpaired) electrons. The minimum Gasteiger partial charge on any atom is -0.472 e. The highest BCUT2D eigenvalue weighted by Crippen LogP contribution is 2.14. The van der Waals surface area contributed by atoms with E-state index in [2.05, 4.69) is 0 Å². The minimum absolute atomic E-state index is 0.0238. The monoisotopic (exact) mass is 196 g/mol. The lowest BCUT2D eigenvalue weighted by Gasteiger charge is -2.22. The number of hydrogen-bond donors (Lipinski definition) is 0. The minimum atomic E-state index is 0.0238. The molecule has 0 aliphatic carbocycles. The smallest absolute Gasteiger partial charge is 0.157 e. The summed E-state index contributed by atoms with van der Waals surface area (Å²) in [6.45, 7) is 1.56. The Kier molecular flexibility index (Phi) is 3.60. The first-order chi connectivity index (χ1) is 6.95. The maximum Gasteiger partial charge on any atom is 0.157 e. The molecule has 2 rings (SSSR count). The number of ether oxygens (including phenoxy) is 2. The highest BCUT2D eigenvalue weighted by molar-refractivity contribution is 5.04. The zero-order valence-electron chi connectivity index (χ0n) is 8.28. The molecule has 1 aliphatic heterocycles. The van der Waals surface area contributed by atoms with Crippen LogP contribution in [0.3, 0.4) is 0 Å². The van der Waals surface area contributed by atoms with Crippen LogP contribution in [0.5, 0.6) is 0 Å². The molecule has 0 bridgehead atoms. The van der Waals surface area contributed by atoms with Crippen LogP contribution in [-0.4, -0.2) is 19.5 Å². The summed E-state index contributed by atoms with van der Waals surface area (Å²) in [6.07, 6.45) is 7.78. The molecule has 0 aromatic carbocycles. The molecule has 1 aromatic heterocycles. The average Bonchev–Trinajstić information content (AvgIpc) is 2.72. The van der Waals surface area contributed by atoms with E-state index in [0.29, 0.717) is 6.61 Å². The second kappa shape index (κ2) is 5.17. The number of rotatable bonds is 4. The molecule has 0 spiro atoms. The number of furan rings is 1. The van der Waals surface area contributed by atoms with Crippen molar-refractivity contribution in [3.05, 3.63) is 24.2 Å². The van der Waals surface area contributed by atoms with Crippen molar-refractivity contribution < 1.29 is 13.9 Å². The van der Waals surface area contributed by atoms with Crippen molar-refractivity contribution in [3.8, 4) is 0 Å². The molecule has 1 unspecified atom stereocenters. The largest absolute Gasteiger partial charge is 0.472 e. The molecule has 0 saturated carbocycles. The molecule has 1 saturated heterocycles. The molecule has 14 heavy (non-hydrogen) atoms. The van der Waals surface area contributed by atoms with Crippen molar-refractivity contribution in [1.29, 1.82) is 0 Å². The third kappa shape index (κ3) is 2.86. The van der Waals surface area contributed by atoms with Crippen LogP contribution in [0.4, 0.5) is 0 Å². The van der Waals surface area contributed by atoms with E-state index in [-0.39, 0.29) is 6.29 Å². The topological polar surface area (TPSA) is 31.6 Å². The van der Waals surface area contributed by atoms with E-state index >= 15 is 0 Å². The molecule has 3 heteroatoms. The van der Waals surface area contributed by atoms with E-state index in [0.717, 1.165) is 19.4 Å². The van der Waals surface area contributed by atoms with Gasteiger partial charge in [-0.05, 0) is 37.3 Å². The SMILES string of the molecule is c1cc(CCOC2CCCCO2)co1. The molecule has 0 N–H and O–H groups in total. The lowest BCUT2D eigenvalue weighted by molar-refractivity contribution is -0.161. The molecule has 3 nitrogen and oxygen atoms in total. The molecule has 2 heterocycles. The summed E-state index contributed by atoms with van der Waals surface area (Å²) in [5, 5.41) is 0. The Morgan fingerprint density at radius 2 is 2.43 bits per heavy atom. The van der Waals surface area contributed by atoms with E-state index in [1.54, 1.807) is 12.5 Å². The predicted octanol–water partition coefficient (Wildman–Crippen LogP) is 2.37. The standard InChI is InChI=1S/C11H16O3/c1-2-6-13-11(3-1)14-8-5-10-4-7-12-9-10/h4,7,9,11H,1-3,5-6,8H2. The van der Waals surface area contributed by atoms with Gasteiger partial charge < -0.3 is 13.9 Å². The second-order valence-electron chi connectivity index (χ2n) is 3.55. The van der Waals surface area contributed by atoms with Crippen LogP contribution in [0.15, 0.2) is 23.0 Å². The zero-order chi connectivity index (χ0) is 9.64. The molecule has 78 valence electrons. The van der Waals surface area contributed by atoms with Gasteiger partial charge in [-0.1, -0.05) is 0 Å². The molecule has 1 aromatic rings. The summed E-state index contributed by atoms with van der Waals surface area (Å²) in [5.74, 6) is 0. The van der Waals surface area contributed by atoms with Crippen molar-refractivity contribution in [1.82, 2.24) is 0 Å². The third-order valence-electron chi connectivity index (χ3n) is 2.41. The van der Waals surface area contributed by atoms with Gasteiger partial charge in [0, 0.05) is 6.61 Å². The predicted molar refractivity (Wildman–Crippen MR) is 52.0 cm³/mol. The van der Waals surface area contributed by atoms with Crippen molar-refractivity contribution in [2.75, 3.05) is 13.2 Å². The lowest BCUT2D eigenvalue weighted by Crippen LogP contribution is -2.23. The maximum atomic E-state index is 5.59. The summed E-state index contributed by atoms with van der Waals surface area (Å²) < 4.78 is 16.0. The highest BCUT2D eigenvalue weighted by Gasteiger charge is 2.13. The quantitative estimate of drug-likeness (QED) is 0.740. The molecule has 1 aliphatic rings. The summed E-state index contributed by atoms with van der Waals surface area (Å²) in [6, 6.07) is 1.96. The van der Waals surface area contributed by atoms with Crippen LogP contribution in [0, 0.1) is 0 Å². The van der Waals surface area contributed by atoms with Crippen LogP contribution in [0.25, 0.3) is 0 Å². The van der Waals surface area contributed by atoms with Gasteiger partial charge in [-0.3, -0.25) is 0 Å². The Morgan fingerprint density at radius 1 is 1.43 bits per heavy atom. The molecule has 1 fully saturated rings. The fourth-order valence-corrected chi connectivity index (χ4v) is 1.59. The molecule has 1 atom stereocenters. The Hall–Kier alpha value is -0.800. The van der Waals surface area contributed by atoms with E-state index in [1.165, 1.54) is 18.4 Å². The van der Waals surface area contributed by atoms with E-state index in [1.807, 2.05) is 6.07 Å². The highest BCUT2D eigenvalue weighted by atomic mass is 16.7. The summed E-state index contributed by atoms with van der Waals surface area (Å²) >= 11 is 0. The summed E-state index contributed by atoms with van der Waals surface area (Å²) in [5.41, 5.74) is 1.18. The number of hydrogen-bond acceptors (Lipinski definition) is 3. The van der Waals surface area contributed by atoms with E-state index in [9.17, 15) is 0 Å². The Balaban J connectivity index is 1.62. The van der Waals surface area contributed by atoms with Gasteiger partial charge in [-0.15, -0.1) is 0 Å². The van der Waals surface area contributed by atoms with Crippen LogP contribution < -0.4 is 0 Å². The molecule has 0 amide bonds. The second-order valence-corrected chi connectivity index (χ2v) is 3.55. The average molecular weight is 196 g/mol. The van der Waals surface area contributed by atoms with Gasteiger partial charge in [-0.25, -0.2) is 0 Å². The van der Waals surface area contributed by atoms with Gasteiger partial charge in [0.25, 0.3) is 0 Å². The van der Waals surface area contributed by atoms with Gasteiger partial charge >= 0.3 is 0 Å². The lowest BCUT2D eigenvalue weighted by atomic mass is 10.2. The van der Waals surface area contributed by atoms with E-state index < -0.39 is 0 Å². The maximum absolute atomic E-state index is 5.59. The first-order valence-electron chi connectivity index (χ1n) is 5.19. The van der Waals surface area contributed by atoms with Gasteiger partial charge in [0.15, 0.2) is 6.29 Å². The fourth-order valence-electron chi connectivity index (χ4n) is 1.59. The summed E-state index contributed by atoms with van der Waals surface area (Å²) in [7, 11) is 0. The van der Waals surface area contributed by atoms with Crippen molar-refractivity contribution in [2.24, 2.45) is 0 Å². The normalized spacial score (nSPS) is 22.4. The molecular formula is C11H16O3. The summed E-state index contributed by atoms with van der Waals surface area (Å²) in [4.78, 5) is 0. The van der Waals surface area contributed by atoms with Gasteiger partial charge in [0.1, 0.15) is 0 Å². The fraction of sp³-hybridized carbons (Fsp3) is 0.636. The third-order valence-corrected chi connectivity index (χ3v) is 2.41.